The summed E-state index contributed by atoms with van der Waals surface area (Å²) in [5.74, 6) is -0.252. The van der Waals surface area contributed by atoms with Crippen LogP contribution in [0.1, 0.15) is 23.9 Å². The zero-order valence-electron chi connectivity index (χ0n) is 13.1. The third kappa shape index (κ3) is 3.70. The van der Waals surface area contributed by atoms with Crippen molar-refractivity contribution in [2.75, 3.05) is 5.32 Å². The molecule has 22 heavy (non-hydrogen) atoms. The predicted molar refractivity (Wildman–Crippen MR) is 93.4 cm³/mol. The standard InChI is InChI=1S/C16H19BrClN3O/c1-9-5-6-13(18)7-14(9)19-16(22)10(2)8-21-12(4)15(17)11(3)20-21/h5-7,10H,8H2,1-4H3,(H,19,22). The third-order valence-corrected chi connectivity index (χ3v) is 5.03. The highest BCUT2D eigenvalue weighted by molar-refractivity contribution is 9.10. The second kappa shape index (κ2) is 6.84. The summed E-state index contributed by atoms with van der Waals surface area (Å²) in [5.41, 5.74) is 3.68. The number of aromatic nitrogens is 2. The number of anilines is 1. The maximum absolute atomic E-state index is 12.4. The number of hydrogen-bond donors (Lipinski definition) is 1. The number of nitrogens with one attached hydrogen (secondary N) is 1. The molecule has 1 amide bonds. The van der Waals surface area contributed by atoms with Gasteiger partial charge < -0.3 is 5.32 Å². The first kappa shape index (κ1) is 17.0. The van der Waals surface area contributed by atoms with E-state index in [9.17, 15) is 4.79 Å². The summed E-state index contributed by atoms with van der Waals surface area (Å²) >= 11 is 9.48. The summed E-state index contributed by atoms with van der Waals surface area (Å²) in [6.07, 6.45) is 0. The van der Waals surface area contributed by atoms with Crippen molar-refractivity contribution in [3.05, 3.63) is 44.6 Å². The highest BCUT2D eigenvalue weighted by Gasteiger charge is 2.18. The van der Waals surface area contributed by atoms with Crippen LogP contribution in [0.2, 0.25) is 5.02 Å². The molecule has 0 aliphatic heterocycles. The lowest BCUT2D eigenvalue weighted by atomic mass is 10.1. The molecule has 0 radical (unpaired) electrons. The number of aryl methyl sites for hydroxylation is 2. The van der Waals surface area contributed by atoms with Crippen molar-refractivity contribution >= 4 is 39.1 Å². The van der Waals surface area contributed by atoms with Crippen molar-refractivity contribution in [2.45, 2.75) is 34.2 Å². The van der Waals surface area contributed by atoms with Gasteiger partial charge in [0.1, 0.15) is 0 Å². The van der Waals surface area contributed by atoms with Crippen LogP contribution in [0.25, 0.3) is 0 Å². The van der Waals surface area contributed by atoms with E-state index in [4.69, 9.17) is 11.6 Å². The molecule has 0 saturated carbocycles. The Kier molecular flexibility index (Phi) is 5.29. The van der Waals surface area contributed by atoms with Crippen LogP contribution in [0.15, 0.2) is 22.7 Å². The normalized spacial score (nSPS) is 12.3. The van der Waals surface area contributed by atoms with Crippen molar-refractivity contribution in [3.63, 3.8) is 0 Å². The molecular formula is C16H19BrClN3O. The fourth-order valence-electron chi connectivity index (χ4n) is 2.18. The molecule has 0 bridgehead atoms. The molecule has 1 atom stereocenters. The van der Waals surface area contributed by atoms with Gasteiger partial charge >= 0.3 is 0 Å². The predicted octanol–water partition coefficient (Wildman–Crippen LogP) is 4.50. The number of halogens is 2. The van der Waals surface area contributed by atoms with E-state index in [-0.39, 0.29) is 11.8 Å². The maximum atomic E-state index is 12.4. The maximum Gasteiger partial charge on any atom is 0.229 e. The number of amides is 1. The van der Waals surface area contributed by atoms with Gasteiger partial charge in [0.2, 0.25) is 5.91 Å². The largest absolute Gasteiger partial charge is 0.326 e. The lowest BCUT2D eigenvalue weighted by Crippen LogP contribution is -2.25. The average Bonchev–Trinajstić information content (AvgIpc) is 2.70. The minimum atomic E-state index is -0.205. The summed E-state index contributed by atoms with van der Waals surface area (Å²) in [7, 11) is 0. The lowest BCUT2D eigenvalue weighted by molar-refractivity contribution is -0.119. The van der Waals surface area contributed by atoms with Gasteiger partial charge in [-0.2, -0.15) is 5.10 Å². The van der Waals surface area contributed by atoms with Gasteiger partial charge in [0, 0.05) is 16.4 Å². The first-order valence-corrected chi connectivity index (χ1v) is 8.23. The molecule has 2 rings (SSSR count). The molecule has 6 heteroatoms. The first-order chi connectivity index (χ1) is 10.3. The molecule has 1 aromatic carbocycles. The number of carbonyl (C=O) groups is 1. The van der Waals surface area contributed by atoms with Gasteiger partial charge in [0.25, 0.3) is 0 Å². The van der Waals surface area contributed by atoms with Gasteiger partial charge in [-0.05, 0) is 54.4 Å². The summed E-state index contributed by atoms with van der Waals surface area (Å²) < 4.78 is 2.85. The molecule has 0 spiro atoms. The van der Waals surface area contributed by atoms with Crippen molar-refractivity contribution in [1.29, 1.82) is 0 Å². The number of carbonyl (C=O) groups excluding carboxylic acids is 1. The third-order valence-electron chi connectivity index (χ3n) is 3.65. The highest BCUT2D eigenvalue weighted by Crippen LogP contribution is 2.22. The van der Waals surface area contributed by atoms with Gasteiger partial charge in [-0.15, -0.1) is 0 Å². The van der Waals surface area contributed by atoms with Crippen molar-refractivity contribution < 1.29 is 4.79 Å². The SMILES string of the molecule is Cc1ccc(Cl)cc1NC(=O)C(C)Cn1nc(C)c(Br)c1C. The Labute approximate surface area is 144 Å². The van der Waals surface area contributed by atoms with E-state index in [1.54, 1.807) is 6.07 Å². The van der Waals surface area contributed by atoms with E-state index in [0.29, 0.717) is 11.6 Å². The highest BCUT2D eigenvalue weighted by atomic mass is 79.9. The van der Waals surface area contributed by atoms with E-state index < -0.39 is 0 Å². The van der Waals surface area contributed by atoms with Crippen molar-refractivity contribution in [2.24, 2.45) is 5.92 Å². The fourth-order valence-corrected chi connectivity index (χ4v) is 2.64. The second-order valence-corrected chi connectivity index (χ2v) is 6.75. The molecule has 0 aliphatic rings. The van der Waals surface area contributed by atoms with Crippen LogP contribution in [0, 0.1) is 26.7 Å². The molecule has 4 nitrogen and oxygen atoms in total. The molecule has 0 saturated heterocycles. The molecule has 2 aromatic rings. The summed E-state index contributed by atoms with van der Waals surface area (Å²) in [5, 5.41) is 7.98. The number of hydrogen-bond acceptors (Lipinski definition) is 2. The summed E-state index contributed by atoms with van der Waals surface area (Å²) in [6.45, 7) is 8.28. The van der Waals surface area contributed by atoms with Crippen LogP contribution in [0.3, 0.4) is 0 Å². The number of benzene rings is 1. The minimum absolute atomic E-state index is 0.0472. The van der Waals surface area contributed by atoms with Gasteiger partial charge in [-0.3, -0.25) is 9.48 Å². The molecule has 0 fully saturated rings. The van der Waals surface area contributed by atoms with E-state index in [2.05, 4.69) is 26.3 Å². The van der Waals surface area contributed by atoms with Crippen LogP contribution >= 0.6 is 27.5 Å². The molecule has 1 aromatic heterocycles. The smallest absolute Gasteiger partial charge is 0.229 e. The van der Waals surface area contributed by atoms with E-state index >= 15 is 0 Å². The van der Waals surface area contributed by atoms with E-state index in [1.807, 2.05) is 44.5 Å². The fraction of sp³-hybridized carbons (Fsp3) is 0.375. The van der Waals surface area contributed by atoms with Gasteiger partial charge in [-0.1, -0.05) is 24.6 Å². The Bertz CT molecular complexity index is 712. The van der Waals surface area contributed by atoms with E-state index in [1.165, 1.54) is 0 Å². The molecule has 1 heterocycles. The second-order valence-electron chi connectivity index (χ2n) is 5.52. The zero-order valence-corrected chi connectivity index (χ0v) is 15.4. The molecule has 1 unspecified atom stereocenters. The minimum Gasteiger partial charge on any atom is -0.326 e. The quantitative estimate of drug-likeness (QED) is 0.843. The lowest BCUT2D eigenvalue weighted by Gasteiger charge is -2.15. The van der Waals surface area contributed by atoms with Gasteiger partial charge in [-0.25, -0.2) is 0 Å². The number of rotatable bonds is 4. The van der Waals surface area contributed by atoms with E-state index in [0.717, 1.165) is 27.1 Å². The molecule has 118 valence electrons. The van der Waals surface area contributed by atoms with Crippen LogP contribution in [-0.4, -0.2) is 15.7 Å². The zero-order chi connectivity index (χ0) is 16.4. The van der Waals surface area contributed by atoms with Crippen LogP contribution in [-0.2, 0) is 11.3 Å². The Balaban J connectivity index is 2.09. The van der Waals surface area contributed by atoms with Crippen LogP contribution in [0.5, 0.6) is 0 Å². The van der Waals surface area contributed by atoms with Gasteiger partial charge in [0.05, 0.1) is 22.6 Å². The van der Waals surface area contributed by atoms with Gasteiger partial charge in [0.15, 0.2) is 0 Å². The average molecular weight is 385 g/mol. The van der Waals surface area contributed by atoms with Crippen LogP contribution in [0.4, 0.5) is 5.69 Å². The first-order valence-electron chi connectivity index (χ1n) is 7.06. The monoisotopic (exact) mass is 383 g/mol. The van der Waals surface area contributed by atoms with Crippen molar-refractivity contribution in [1.82, 2.24) is 9.78 Å². The summed E-state index contributed by atoms with van der Waals surface area (Å²) in [6, 6.07) is 5.46. The Hall–Kier alpha value is -1.33. The Morgan fingerprint density at radius 3 is 2.68 bits per heavy atom. The number of nitrogens with zero attached hydrogens (tertiary/aromatic N) is 2. The molecular weight excluding hydrogens is 366 g/mol. The van der Waals surface area contributed by atoms with Crippen molar-refractivity contribution in [3.8, 4) is 0 Å². The Morgan fingerprint density at radius 1 is 1.41 bits per heavy atom. The molecule has 0 aliphatic carbocycles. The Morgan fingerprint density at radius 2 is 2.09 bits per heavy atom. The summed E-state index contributed by atoms with van der Waals surface area (Å²) in [4.78, 5) is 12.4. The molecule has 1 N–H and O–H groups in total. The van der Waals surface area contributed by atoms with Crippen LogP contribution < -0.4 is 5.32 Å². The topological polar surface area (TPSA) is 46.9 Å².